The Morgan fingerprint density at radius 2 is 1.93 bits per heavy atom. The van der Waals surface area contributed by atoms with Crippen molar-refractivity contribution in [3.63, 3.8) is 0 Å². The number of aromatic nitrogens is 2. The Kier molecular flexibility index (Phi) is 3.62. The van der Waals surface area contributed by atoms with Crippen LogP contribution in [-0.4, -0.2) is 22.7 Å². The van der Waals surface area contributed by atoms with Crippen LogP contribution in [0.25, 0.3) is 22.2 Å². The molecular formula is C24H19N3O3. The fourth-order valence-corrected chi connectivity index (χ4v) is 4.10. The average molecular weight is 397 g/mol. The number of ether oxygens (including phenoxy) is 2. The molecule has 6 heteroatoms. The van der Waals surface area contributed by atoms with Gasteiger partial charge in [0, 0.05) is 40.2 Å². The molecule has 0 radical (unpaired) electrons. The third-order valence-electron chi connectivity index (χ3n) is 5.96. The summed E-state index contributed by atoms with van der Waals surface area (Å²) in [4.78, 5) is 20.7. The standard InChI is InChI=1S/C24H19N3O3/c28-23(24(7-8-24)17-3-6-21-22(12-17)30-14-29-21)26-18-4-5-19-16(10-18)11-20(27-19)15-2-1-9-25-13-15/h1-6,9-13,27H,7-8,14H2,(H,26,28). The lowest BCUT2D eigenvalue weighted by Crippen LogP contribution is -2.27. The fraction of sp³-hybridized carbons (Fsp3) is 0.167. The van der Waals surface area contributed by atoms with Crippen molar-refractivity contribution in [2.24, 2.45) is 0 Å². The van der Waals surface area contributed by atoms with Gasteiger partial charge in [-0.2, -0.15) is 0 Å². The Bertz CT molecular complexity index is 1280. The molecule has 2 N–H and O–H groups in total. The predicted octanol–water partition coefficient (Wildman–Crippen LogP) is 4.63. The van der Waals surface area contributed by atoms with Crippen LogP contribution in [0.4, 0.5) is 5.69 Å². The molecule has 1 saturated carbocycles. The molecule has 1 aliphatic carbocycles. The molecule has 0 spiro atoms. The van der Waals surface area contributed by atoms with E-state index in [9.17, 15) is 4.79 Å². The van der Waals surface area contributed by atoms with Gasteiger partial charge in [0.2, 0.25) is 12.7 Å². The molecule has 148 valence electrons. The number of rotatable bonds is 4. The summed E-state index contributed by atoms with van der Waals surface area (Å²) in [5, 5.41) is 4.16. The molecule has 1 fully saturated rings. The number of amides is 1. The summed E-state index contributed by atoms with van der Waals surface area (Å²) in [5.74, 6) is 1.46. The van der Waals surface area contributed by atoms with Gasteiger partial charge in [0.25, 0.3) is 0 Å². The number of benzene rings is 2. The predicted molar refractivity (Wildman–Crippen MR) is 114 cm³/mol. The van der Waals surface area contributed by atoms with Crippen molar-refractivity contribution in [3.05, 3.63) is 72.6 Å². The molecular weight excluding hydrogens is 378 g/mol. The van der Waals surface area contributed by atoms with Crippen LogP contribution in [0.3, 0.4) is 0 Å². The third kappa shape index (κ3) is 2.72. The highest BCUT2D eigenvalue weighted by Gasteiger charge is 2.51. The minimum Gasteiger partial charge on any atom is -0.454 e. The fourth-order valence-electron chi connectivity index (χ4n) is 4.10. The van der Waals surface area contributed by atoms with Crippen molar-refractivity contribution in [1.29, 1.82) is 0 Å². The lowest BCUT2D eigenvalue weighted by molar-refractivity contribution is -0.118. The van der Waals surface area contributed by atoms with Gasteiger partial charge in [-0.1, -0.05) is 6.07 Å². The first-order valence-electron chi connectivity index (χ1n) is 9.96. The van der Waals surface area contributed by atoms with Gasteiger partial charge in [-0.3, -0.25) is 9.78 Å². The summed E-state index contributed by atoms with van der Waals surface area (Å²) in [6.07, 6.45) is 5.25. The van der Waals surface area contributed by atoms with E-state index in [4.69, 9.17) is 9.47 Å². The van der Waals surface area contributed by atoms with Gasteiger partial charge >= 0.3 is 0 Å². The van der Waals surface area contributed by atoms with E-state index in [-0.39, 0.29) is 12.7 Å². The van der Waals surface area contributed by atoms with Crippen molar-refractivity contribution in [3.8, 4) is 22.8 Å². The zero-order valence-corrected chi connectivity index (χ0v) is 16.1. The molecule has 6 rings (SSSR count). The van der Waals surface area contributed by atoms with Crippen LogP contribution in [0.2, 0.25) is 0 Å². The van der Waals surface area contributed by atoms with Crippen LogP contribution in [-0.2, 0) is 10.2 Å². The van der Waals surface area contributed by atoms with E-state index in [0.717, 1.165) is 52.0 Å². The Labute approximate surface area is 172 Å². The van der Waals surface area contributed by atoms with Crippen molar-refractivity contribution < 1.29 is 14.3 Å². The van der Waals surface area contributed by atoms with Crippen LogP contribution in [0.15, 0.2) is 67.0 Å². The second-order valence-corrected chi connectivity index (χ2v) is 7.83. The molecule has 30 heavy (non-hydrogen) atoms. The maximum absolute atomic E-state index is 13.2. The number of nitrogens with one attached hydrogen (secondary N) is 2. The summed E-state index contributed by atoms with van der Waals surface area (Å²) in [6, 6.07) is 17.7. The number of carbonyl (C=O) groups excluding carboxylic acids is 1. The van der Waals surface area contributed by atoms with Crippen LogP contribution in [0.5, 0.6) is 11.5 Å². The SMILES string of the molecule is O=C(Nc1ccc2[nH]c(-c3cccnc3)cc2c1)C1(c2ccc3c(c2)OCO3)CC1. The number of carbonyl (C=O) groups is 1. The first kappa shape index (κ1) is 17.1. The van der Waals surface area contributed by atoms with Crippen LogP contribution < -0.4 is 14.8 Å². The maximum atomic E-state index is 13.2. The number of hydrogen-bond acceptors (Lipinski definition) is 4. The smallest absolute Gasteiger partial charge is 0.235 e. The highest BCUT2D eigenvalue weighted by atomic mass is 16.7. The van der Waals surface area contributed by atoms with Gasteiger partial charge in [-0.05, 0) is 66.9 Å². The monoisotopic (exact) mass is 397 g/mol. The van der Waals surface area contributed by atoms with Crippen molar-refractivity contribution in [2.45, 2.75) is 18.3 Å². The zero-order valence-electron chi connectivity index (χ0n) is 16.1. The summed E-state index contributed by atoms with van der Waals surface area (Å²) >= 11 is 0. The molecule has 2 aromatic carbocycles. The van der Waals surface area contributed by atoms with Crippen molar-refractivity contribution in [1.82, 2.24) is 9.97 Å². The Morgan fingerprint density at radius 3 is 2.77 bits per heavy atom. The summed E-state index contributed by atoms with van der Waals surface area (Å²) in [6.45, 7) is 0.232. The summed E-state index contributed by atoms with van der Waals surface area (Å²) in [5.41, 5.74) is 4.32. The van der Waals surface area contributed by atoms with Crippen LogP contribution >= 0.6 is 0 Å². The van der Waals surface area contributed by atoms with Gasteiger partial charge in [-0.15, -0.1) is 0 Å². The van der Waals surface area contributed by atoms with E-state index in [1.165, 1.54) is 0 Å². The van der Waals surface area contributed by atoms with E-state index in [1.807, 2.05) is 54.7 Å². The largest absolute Gasteiger partial charge is 0.454 e. The van der Waals surface area contributed by atoms with Gasteiger partial charge in [0.05, 0.1) is 5.41 Å². The second kappa shape index (κ2) is 6.35. The molecule has 0 saturated heterocycles. The Hall–Kier alpha value is -3.80. The zero-order chi connectivity index (χ0) is 20.1. The van der Waals surface area contributed by atoms with E-state index in [1.54, 1.807) is 6.20 Å². The van der Waals surface area contributed by atoms with E-state index >= 15 is 0 Å². The quantitative estimate of drug-likeness (QED) is 0.526. The van der Waals surface area contributed by atoms with Gasteiger partial charge < -0.3 is 19.8 Å². The van der Waals surface area contributed by atoms with E-state index in [2.05, 4.69) is 21.4 Å². The van der Waals surface area contributed by atoms with Gasteiger partial charge in [-0.25, -0.2) is 0 Å². The highest BCUT2D eigenvalue weighted by molar-refractivity contribution is 6.03. The number of hydrogen-bond donors (Lipinski definition) is 2. The number of aromatic amines is 1. The molecule has 2 aliphatic rings. The molecule has 2 aromatic heterocycles. The average Bonchev–Trinajstić information content (AvgIpc) is 3.27. The number of pyridine rings is 1. The Morgan fingerprint density at radius 1 is 1.03 bits per heavy atom. The minimum atomic E-state index is -0.491. The second-order valence-electron chi connectivity index (χ2n) is 7.83. The van der Waals surface area contributed by atoms with Crippen molar-refractivity contribution >= 4 is 22.5 Å². The molecule has 1 aliphatic heterocycles. The molecule has 0 atom stereocenters. The molecule has 3 heterocycles. The van der Waals surface area contributed by atoms with E-state index in [0.29, 0.717) is 5.75 Å². The summed E-state index contributed by atoms with van der Waals surface area (Å²) < 4.78 is 10.9. The van der Waals surface area contributed by atoms with Gasteiger partial charge in [0.15, 0.2) is 11.5 Å². The van der Waals surface area contributed by atoms with Crippen LogP contribution in [0, 0.1) is 0 Å². The molecule has 6 nitrogen and oxygen atoms in total. The molecule has 1 amide bonds. The minimum absolute atomic E-state index is 0.0173. The Balaban J connectivity index is 1.27. The maximum Gasteiger partial charge on any atom is 0.235 e. The lowest BCUT2D eigenvalue weighted by atomic mass is 9.94. The first-order chi connectivity index (χ1) is 14.7. The first-order valence-corrected chi connectivity index (χ1v) is 9.96. The van der Waals surface area contributed by atoms with Crippen LogP contribution in [0.1, 0.15) is 18.4 Å². The number of anilines is 1. The number of nitrogens with zero attached hydrogens (tertiary/aromatic N) is 1. The number of fused-ring (bicyclic) bond motifs is 2. The van der Waals surface area contributed by atoms with Gasteiger partial charge in [0.1, 0.15) is 0 Å². The topological polar surface area (TPSA) is 76.2 Å². The van der Waals surface area contributed by atoms with E-state index < -0.39 is 5.41 Å². The summed E-state index contributed by atoms with van der Waals surface area (Å²) in [7, 11) is 0. The molecule has 0 bridgehead atoms. The molecule has 0 unspecified atom stereocenters. The number of H-pyrrole nitrogens is 1. The highest BCUT2D eigenvalue weighted by Crippen LogP contribution is 2.51. The lowest BCUT2D eigenvalue weighted by Gasteiger charge is -2.16. The normalized spacial score (nSPS) is 15.9. The van der Waals surface area contributed by atoms with Crippen molar-refractivity contribution in [2.75, 3.05) is 12.1 Å². The third-order valence-corrected chi connectivity index (χ3v) is 5.96. The molecule has 4 aromatic rings.